The van der Waals surface area contributed by atoms with Gasteiger partial charge in [-0.3, -0.25) is 10.1 Å². The first-order valence-corrected chi connectivity index (χ1v) is 5.78. The number of imidazole rings is 1. The highest BCUT2D eigenvalue weighted by Crippen LogP contribution is 2.23. The van der Waals surface area contributed by atoms with Crippen molar-refractivity contribution in [2.24, 2.45) is 5.73 Å². The van der Waals surface area contributed by atoms with E-state index in [1.54, 1.807) is 6.07 Å². The van der Waals surface area contributed by atoms with E-state index in [2.05, 4.69) is 14.9 Å². The molecule has 102 valence electrons. The maximum Gasteiger partial charge on any atom is 0.271 e. The van der Waals surface area contributed by atoms with Crippen molar-refractivity contribution in [3.63, 3.8) is 0 Å². The van der Waals surface area contributed by atoms with E-state index in [1.807, 2.05) is 0 Å². The van der Waals surface area contributed by atoms with E-state index in [0.717, 1.165) is 31.0 Å². The number of hydrogen-bond donors (Lipinski definition) is 2. The SMILES string of the molecule is Cl.N[C@@H]1CCN(c2nc3ccc([N+](=O)[O-])cc3[nH]2)C1. The molecule has 19 heavy (non-hydrogen) atoms. The Morgan fingerprint density at radius 3 is 2.95 bits per heavy atom. The van der Waals surface area contributed by atoms with Crippen LogP contribution in [0, 0.1) is 10.1 Å². The van der Waals surface area contributed by atoms with Crippen LogP contribution < -0.4 is 10.6 Å². The topological polar surface area (TPSA) is 101 Å². The molecule has 0 amide bonds. The molecule has 2 aromatic rings. The predicted molar refractivity (Wildman–Crippen MR) is 74.8 cm³/mol. The Kier molecular flexibility index (Phi) is 3.59. The second kappa shape index (κ2) is 5.02. The molecule has 1 atom stereocenters. The minimum atomic E-state index is -0.411. The molecular weight excluding hydrogens is 270 g/mol. The number of halogens is 1. The van der Waals surface area contributed by atoms with Crippen molar-refractivity contribution >= 4 is 35.1 Å². The molecule has 0 spiro atoms. The fourth-order valence-corrected chi connectivity index (χ4v) is 2.23. The number of rotatable bonds is 2. The number of nitro benzene ring substituents is 1. The summed E-state index contributed by atoms with van der Waals surface area (Å²) in [4.78, 5) is 19.9. The first-order chi connectivity index (χ1) is 8.63. The zero-order valence-electron chi connectivity index (χ0n) is 10.1. The molecule has 2 heterocycles. The van der Waals surface area contributed by atoms with Gasteiger partial charge in [0.15, 0.2) is 0 Å². The van der Waals surface area contributed by atoms with E-state index in [0.29, 0.717) is 5.52 Å². The number of H-pyrrole nitrogens is 1. The van der Waals surface area contributed by atoms with E-state index in [1.165, 1.54) is 12.1 Å². The number of nitrogens with two attached hydrogens (primary N) is 1. The molecule has 0 aliphatic carbocycles. The van der Waals surface area contributed by atoms with Gasteiger partial charge in [0.05, 0.1) is 16.0 Å². The Hall–Kier alpha value is -1.86. The average molecular weight is 284 g/mol. The molecular formula is C11H14ClN5O2. The first-order valence-electron chi connectivity index (χ1n) is 5.78. The molecule has 1 aliphatic heterocycles. The van der Waals surface area contributed by atoms with Gasteiger partial charge in [0.1, 0.15) is 0 Å². The van der Waals surface area contributed by atoms with Crippen LogP contribution in [0.2, 0.25) is 0 Å². The van der Waals surface area contributed by atoms with E-state index >= 15 is 0 Å². The van der Waals surface area contributed by atoms with Gasteiger partial charge in [0.25, 0.3) is 5.69 Å². The predicted octanol–water partition coefficient (Wildman–Crippen LogP) is 1.43. The summed E-state index contributed by atoms with van der Waals surface area (Å²) in [6.07, 6.45) is 0.942. The van der Waals surface area contributed by atoms with Gasteiger partial charge in [-0.1, -0.05) is 0 Å². The Morgan fingerprint density at radius 1 is 1.53 bits per heavy atom. The van der Waals surface area contributed by atoms with Gasteiger partial charge in [-0.15, -0.1) is 12.4 Å². The molecule has 1 fully saturated rings. The van der Waals surface area contributed by atoms with Crippen molar-refractivity contribution in [2.75, 3.05) is 18.0 Å². The largest absolute Gasteiger partial charge is 0.341 e. The van der Waals surface area contributed by atoms with Gasteiger partial charge in [-0.2, -0.15) is 0 Å². The lowest BCUT2D eigenvalue weighted by molar-refractivity contribution is -0.384. The van der Waals surface area contributed by atoms with E-state index in [-0.39, 0.29) is 24.1 Å². The van der Waals surface area contributed by atoms with Gasteiger partial charge in [0, 0.05) is 31.3 Å². The van der Waals surface area contributed by atoms with Crippen molar-refractivity contribution in [1.29, 1.82) is 0 Å². The minimum absolute atomic E-state index is 0. The molecule has 0 unspecified atom stereocenters. The minimum Gasteiger partial charge on any atom is -0.341 e. The van der Waals surface area contributed by atoms with Crippen LogP contribution in [-0.2, 0) is 0 Å². The molecule has 0 saturated carbocycles. The quantitative estimate of drug-likeness (QED) is 0.641. The lowest BCUT2D eigenvalue weighted by Gasteiger charge is -2.13. The number of non-ortho nitro benzene ring substituents is 1. The van der Waals surface area contributed by atoms with Crippen molar-refractivity contribution in [1.82, 2.24) is 9.97 Å². The summed E-state index contributed by atoms with van der Waals surface area (Å²) < 4.78 is 0. The van der Waals surface area contributed by atoms with Crippen LogP contribution in [0.4, 0.5) is 11.6 Å². The summed E-state index contributed by atoms with van der Waals surface area (Å²) in [6.45, 7) is 1.63. The Bertz CT molecular complexity index is 614. The molecule has 1 aromatic heterocycles. The summed E-state index contributed by atoms with van der Waals surface area (Å²) >= 11 is 0. The number of nitrogens with one attached hydrogen (secondary N) is 1. The summed E-state index contributed by atoms with van der Waals surface area (Å²) in [5.74, 6) is 0.735. The van der Waals surface area contributed by atoms with E-state index in [9.17, 15) is 10.1 Å². The zero-order valence-corrected chi connectivity index (χ0v) is 10.9. The highest BCUT2D eigenvalue weighted by Gasteiger charge is 2.22. The Labute approximate surface area is 115 Å². The third kappa shape index (κ3) is 2.47. The number of aromatic amines is 1. The number of nitrogens with zero attached hydrogens (tertiary/aromatic N) is 3. The molecule has 3 rings (SSSR count). The summed E-state index contributed by atoms with van der Waals surface area (Å²) in [5.41, 5.74) is 7.33. The smallest absolute Gasteiger partial charge is 0.271 e. The second-order valence-corrected chi connectivity index (χ2v) is 4.51. The van der Waals surface area contributed by atoms with Crippen LogP contribution in [0.3, 0.4) is 0 Å². The lowest BCUT2D eigenvalue weighted by atomic mass is 10.3. The maximum atomic E-state index is 10.7. The zero-order chi connectivity index (χ0) is 12.7. The van der Waals surface area contributed by atoms with Crippen LogP contribution >= 0.6 is 12.4 Å². The Morgan fingerprint density at radius 2 is 2.32 bits per heavy atom. The number of benzene rings is 1. The molecule has 1 aromatic carbocycles. The molecule has 0 radical (unpaired) electrons. The fraction of sp³-hybridized carbons (Fsp3) is 0.364. The number of nitro groups is 1. The molecule has 3 N–H and O–H groups in total. The third-order valence-corrected chi connectivity index (χ3v) is 3.19. The van der Waals surface area contributed by atoms with Crippen molar-refractivity contribution < 1.29 is 4.92 Å². The van der Waals surface area contributed by atoms with Crippen LogP contribution in [0.15, 0.2) is 18.2 Å². The van der Waals surface area contributed by atoms with Gasteiger partial charge in [-0.05, 0) is 12.5 Å². The standard InChI is InChI=1S/C11H13N5O2.ClH/c12-7-3-4-15(6-7)11-13-9-2-1-8(16(17)18)5-10(9)14-11;/h1-2,5,7H,3-4,6,12H2,(H,13,14);1H/t7-;/m1./s1. The van der Waals surface area contributed by atoms with Crippen LogP contribution in [-0.4, -0.2) is 34.0 Å². The number of fused-ring (bicyclic) bond motifs is 1. The maximum absolute atomic E-state index is 10.7. The lowest BCUT2D eigenvalue weighted by Crippen LogP contribution is -2.26. The van der Waals surface area contributed by atoms with Crippen LogP contribution in [0.5, 0.6) is 0 Å². The first kappa shape index (κ1) is 13.6. The van der Waals surface area contributed by atoms with Crippen molar-refractivity contribution in [3.8, 4) is 0 Å². The molecule has 0 bridgehead atoms. The monoisotopic (exact) mass is 283 g/mol. The van der Waals surface area contributed by atoms with Crippen LogP contribution in [0.1, 0.15) is 6.42 Å². The second-order valence-electron chi connectivity index (χ2n) is 4.51. The van der Waals surface area contributed by atoms with Gasteiger partial charge < -0.3 is 15.6 Å². The molecule has 8 heteroatoms. The average Bonchev–Trinajstić information content (AvgIpc) is 2.93. The van der Waals surface area contributed by atoms with E-state index < -0.39 is 4.92 Å². The fourth-order valence-electron chi connectivity index (χ4n) is 2.23. The number of aromatic nitrogens is 2. The highest BCUT2D eigenvalue weighted by molar-refractivity contribution is 5.85. The normalized spacial score (nSPS) is 18.6. The number of anilines is 1. The highest BCUT2D eigenvalue weighted by atomic mass is 35.5. The van der Waals surface area contributed by atoms with Crippen molar-refractivity contribution in [2.45, 2.75) is 12.5 Å². The summed E-state index contributed by atoms with van der Waals surface area (Å²) in [6, 6.07) is 4.79. The van der Waals surface area contributed by atoms with Gasteiger partial charge in [-0.25, -0.2) is 4.98 Å². The third-order valence-electron chi connectivity index (χ3n) is 3.19. The molecule has 1 saturated heterocycles. The summed E-state index contributed by atoms with van der Waals surface area (Å²) in [7, 11) is 0. The number of hydrogen-bond acceptors (Lipinski definition) is 5. The van der Waals surface area contributed by atoms with E-state index in [4.69, 9.17) is 5.73 Å². The van der Waals surface area contributed by atoms with Gasteiger partial charge in [0.2, 0.25) is 5.95 Å². The van der Waals surface area contributed by atoms with Crippen molar-refractivity contribution in [3.05, 3.63) is 28.3 Å². The summed E-state index contributed by atoms with van der Waals surface area (Å²) in [5, 5.41) is 10.7. The molecule has 1 aliphatic rings. The van der Waals surface area contributed by atoms with Gasteiger partial charge >= 0.3 is 0 Å². The molecule has 7 nitrogen and oxygen atoms in total. The Balaban J connectivity index is 0.00000133. The van der Waals surface area contributed by atoms with Crippen LogP contribution in [0.25, 0.3) is 11.0 Å².